The van der Waals surface area contributed by atoms with Crippen LogP contribution in [0.15, 0.2) is 48.5 Å². The average molecular weight is 343 g/mol. The van der Waals surface area contributed by atoms with Crippen molar-refractivity contribution >= 4 is 10.2 Å². The minimum atomic E-state index is -3.56. The molecular formula is C18H21N3O2S. The second kappa shape index (κ2) is 5.65. The lowest BCUT2D eigenvalue weighted by Crippen LogP contribution is -2.43. The highest BCUT2D eigenvalue weighted by atomic mass is 32.2. The van der Waals surface area contributed by atoms with Crippen molar-refractivity contribution in [2.45, 2.75) is 25.2 Å². The standard InChI is InChI=1S/C18H21N3O2S/c19-24(22,23)21-11-9-18(10-12-21)13-15(18)17-8-4-7-16(20-17)14-5-2-1-3-6-14/h1-8,15H,9-13H2,(H2,19,22,23). The van der Waals surface area contributed by atoms with Crippen LogP contribution in [0.1, 0.15) is 30.9 Å². The van der Waals surface area contributed by atoms with Crippen LogP contribution in [0.3, 0.4) is 0 Å². The fraction of sp³-hybridized carbons (Fsp3) is 0.389. The van der Waals surface area contributed by atoms with Gasteiger partial charge in [0.1, 0.15) is 0 Å². The molecule has 0 radical (unpaired) electrons. The summed E-state index contributed by atoms with van der Waals surface area (Å²) in [6, 6.07) is 16.4. The first-order chi connectivity index (χ1) is 11.5. The van der Waals surface area contributed by atoms with E-state index in [1.165, 1.54) is 4.31 Å². The first-order valence-electron chi connectivity index (χ1n) is 8.28. The Hall–Kier alpha value is -1.76. The zero-order chi connectivity index (χ0) is 16.8. The number of nitrogens with zero attached hydrogens (tertiary/aromatic N) is 2. The van der Waals surface area contributed by atoms with Crippen LogP contribution in [-0.4, -0.2) is 30.8 Å². The molecule has 2 N–H and O–H groups in total. The van der Waals surface area contributed by atoms with Gasteiger partial charge in [0, 0.05) is 30.3 Å². The van der Waals surface area contributed by atoms with E-state index in [0.29, 0.717) is 19.0 Å². The normalized spacial score (nSPS) is 23.3. The third-order valence-electron chi connectivity index (χ3n) is 5.47. The van der Waals surface area contributed by atoms with Crippen LogP contribution in [0.25, 0.3) is 11.3 Å². The second-order valence-corrected chi connectivity index (χ2v) is 8.42. The van der Waals surface area contributed by atoms with E-state index in [1.807, 2.05) is 24.3 Å². The molecule has 1 aliphatic heterocycles. The molecule has 1 saturated carbocycles. The molecule has 1 atom stereocenters. The summed E-state index contributed by atoms with van der Waals surface area (Å²) in [6.07, 6.45) is 2.83. The Kier molecular flexibility index (Phi) is 3.71. The number of hydrogen-bond acceptors (Lipinski definition) is 3. The van der Waals surface area contributed by atoms with Crippen molar-refractivity contribution in [2.24, 2.45) is 10.6 Å². The molecule has 2 fully saturated rings. The molecule has 0 amide bonds. The van der Waals surface area contributed by atoms with Gasteiger partial charge in [-0.25, -0.2) is 5.14 Å². The van der Waals surface area contributed by atoms with Crippen molar-refractivity contribution in [3.63, 3.8) is 0 Å². The predicted molar refractivity (Wildman–Crippen MR) is 93.4 cm³/mol. The Morgan fingerprint density at radius 2 is 1.75 bits per heavy atom. The lowest BCUT2D eigenvalue weighted by molar-refractivity contribution is 0.251. The topological polar surface area (TPSA) is 76.3 Å². The summed E-state index contributed by atoms with van der Waals surface area (Å²) < 4.78 is 24.3. The van der Waals surface area contributed by atoms with Gasteiger partial charge in [0.15, 0.2) is 0 Å². The molecular weight excluding hydrogens is 322 g/mol. The van der Waals surface area contributed by atoms with Crippen LogP contribution < -0.4 is 5.14 Å². The van der Waals surface area contributed by atoms with E-state index in [0.717, 1.165) is 36.2 Å². The molecule has 1 aromatic heterocycles. The van der Waals surface area contributed by atoms with E-state index in [9.17, 15) is 8.42 Å². The largest absolute Gasteiger partial charge is 0.276 e. The summed E-state index contributed by atoms with van der Waals surface area (Å²) in [5.74, 6) is 0.434. The zero-order valence-corrected chi connectivity index (χ0v) is 14.2. The first-order valence-corrected chi connectivity index (χ1v) is 9.79. The number of aromatic nitrogens is 1. The summed E-state index contributed by atoms with van der Waals surface area (Å²) in [7, 11) is -3.56. The van der Waals surface area contributed by atoms with Crippen molar-refractivity contribution < 1.29 is 8.42 Å². The van der Waals surface area contributed by atoms with Crippen LogP contribution in [0.2, 0.25) is 0 Å². The highest BCUT2D eigenvalue weighted by molar-refractivity contribution is 7.86. The Labute approximate surface area is 142 Å². The molecule has 1 saturated heterocycles. The van der Waals surface area contributed by atoms with Gasteiger partial charge in [-0.1, -0.05) is 36.4 Å². The van der Waals surface area contributed by atoms with Crippen molar-refractivity contribution in [3.05, 3.63) is 54.2 Å². The van der Waals surface area contributed by atoms with Crippen LogP contribution in [0.4, 0.5) is 0 Å². The third kappa shape index (κ3) is 2.85. The SMILES string of the molecule is NS(=O)(=O)N1CCC2(CC1)CC2c1cccc(-c2ccccc2)n1. The van der Waals surface area contributed by atoms with Crippen molar-refractivity contribution in [3.8, 4) is 11.3 Å². The smallest absolute Gasteiger partial charge is 0.253 e. The first kappa shape index (κ1) is 15.7. The molecule has 0 bridgehead atoms. The highest BCUT2D eigenvalue weighted by Gasteiger charge is 2.56. The molecule has 2 aliphatic rings. The van der Waals surface area contributed by atoms with Gasteiger partial charge in [-0.05, 0) is 36.8 Å². The maximum atomic E-state index is 11.5. The summed E-state index contributed by atoms with van der Waals surface area (Å²) >= 11 is 0. The lowest BCUT2D eigenvalue weighted by atomic mass is 9.91. The molecule has 126 valence electrons. The van der Waals surface area contributed by atoms with E-state index in [4.69, 9.17) is 10.1 Å². The van der Waals surface area contributed by atoms with Crippen LogP contribution in [0, 0.1) is 5.41 Å². The van der Waals surface area contributed by atoms with Gasteiger partial charge >= 0.3 is 0 Å². The molecule has 6 heteroatoms. The molecule has 1 aromatic carbocycles. The van der Waals surface area contributed by atoms with E-state index < -0.39 is 10.2 Å². The van der Waals surface area contributed by atoms with Gasteiger partial charge in [-0.3, -0.25) is 4.98 Å². The molecule has 24 heavy (non-hydrogen) atoms. The maximum absolute atomic E-state index is 11.5. The molecule has 4 rings (SSSR count). The summed E-state index contributed by atoms with van der Waals surface area (Å²) in [6.45, 7) is 1.04. The molecule has 1 unspecified atom stereocenters. The summed E-state index contributed by atoms with van der Waals surface area (Å²) in [5, 5.41) is 5.24. The minimum Gasteiger partial charge on any atom is -0.253 e. The van der Waals surface area contributed by atoms with Crippen molar-refractivity contribution in [1.82, 2.24) is 9.29 Å². The third-order valence-corrected chi connectivity index (χ3v) is 6.55. The van der Waals surface area contributed by atoms with E-state index >= 15 is 0 Å². The lowest BCUT2D eigenvalue weighted by Gasteiger charge is -2.30. The molecule has 2 aromatic rings. The van der Waals surface area contributed by atoms with E-state index in [-0.39, 0.29) is 5.41 Å². The summed E-state index contributed by atoms with van der Waals surface area (Å²) in [5.41, 5.74) is 3.46. The summed E-state index contributed by atoms with van der Waals surface area (Å²) in [4.78, 5) is 4.87. The second-order valence-electron chi connectivity index (χ2n) is 6.88. The molecule has 1 aliphatic carbocycles. The van der Waals surface area contributed by atoms with Gasteiger partial charge < -0.3 is 0 Å². The molecule has 5 nitrogen and oxygen atoms in total. The van der Waals surface area contributed by atoms with Gasteiger partial charge in [0.05, 0.1) is 5.69 Å². The van der Waals surface area contributed by atoms with Crippen LogP contribution in [0.5, 0.6) is 0 Å². The predicted octanol–water partition coefficient (Wildman–Crippen LogP) is 2.52. The fourth-order valence-corrected chi connectivity index (χ4v) is 4.61. The fourth-order valence-electron chi connectivity index (χ4n) is 3.92. The number of pyridine rings is 1. The minimum absolute atomic E-state index is 0.212. The maximum Gasteiger partial charge on any atom is 0.276 e. The monoisotopic (exact) mass is 343 g/mol. The van der Waals surface area contributed by atoms with E-state index in [2.05, 4.69) is 24.3 Å². The Balaban J connectivity index is 1.51. The number of rotatable bonds is 3. The Morgan fingerprint density at radius 1 is 1.04 bits per heavy atom. The van der Waals surface area contributed by atoms with Gasteiger partial charge in [0.2, 0.25) is 0 Å². The quantitative estimate of drug-likeness (QED) is 0.930. The molecule has 2 heterocycles. The van der Waals surface area contributed by atoms with Crippen LogP contribution >= 0.6 is 0 Å². The number of hydrogen-bond donors (Lipinski definition) is 1. The number of benzene rings is 1. The van der Waals surface area contributed by atoms with Gasteiger partial charge in [-0.15, -0.1) is 0 Å². The van der Waals surface area contributed by atoms with Gasteiger partial charge in [-0.2, -0.15) is 12.7 Å². The Bertz CT molecular complexity index is 844. The Morgan fingerprint density at radius 3 is 2.42 bits per heavy atom. The van der Waals surface area contributed by atoms with E-state index in [1.54, 1.807) is 0 Å². The van der Waals surface area contributed by atoms with Crippen molar-refractivity contribution in [1.29, 1.82) is 0 Å². The van der Waals surface area contributed by atoms with Crippen LogP contribution in [-0.2, 0) is 10.2 Å². The molecule has 1 spiro atoms. The van der Waals surface area contributed by atoms with Gasteiger partial charge in [0.25, 0.3) is 10.2 Å². The number of piperidine rings is 1. The number of nitrogens with two attached hydrogens (primary N) is 1. The van der Waals surface area contributed by atoms with Crippen molar-refractivity contribution in [2.75, 3.05) is 13.1 Å². The zero-order valence-electron chi connectivity index (χ0n) is 13.4. The average Bonchev–Trinajstić information content (AvgIpc) is 3.29. The highest BCUT2D eigenvalue weighted by Crippen LogP contribution is 2.64.